The van der Waals surface area contributed by atoms with Crippen LogP contribution in [0.5, 0.6) is 0 Å². The first-order chi connectivity index (χ1) is 4.76. The van der Waals surface area contributed by atoms with Crippen LogP contribution in [0.4, 0.5) is 0 Å². The highest BCUT2D eigenvalue weighted by molar-refractivity contribution is 5.46. The summed E-state index contributed by atoms with van der Waals surface area (Å²) >= 11 is 0. The summed E-state index contributed by atoms with van der Waals surface area (Å²) in [6.45, 7) is 7.48. The Hall–Kier alpha value is -0.570. The zero-order valence-electron chi connectivity index (χ0n) is 7.00. The van der Waals surface area contributed by atoms with E-state index in [1.165, 1.54) is 0 Å². The highest BCUT2D eigenvalue weighted by Crippen LogP contribution is 1.75. The fraction of sp³-hybridized carbons (Fsp3) is 0.857. The highest BCUT2D eigenvalue weighted by atomic mass is 16.2. The fourth-order valence-corrected chi connectivity index (χ4v) is 0.373. The standard InChI is InChI=1S/C5H11NO.C2H6O/c1-3-6(4-2)5-7;1-2-3/h5H,3-4H2,1-2H3;3H,2H2,1H3. The van der Waals surface area contributed by atoms with Gasteiger partial charge in [-0.15, -0.1) is 0 Å². The van der Waals surface area contributed by atoms with Crippen LogP contribution in [-0.4, -0.2) is 36.1 Å². The molecule has 0 aliphatic heterocycles. The quantitative estimate of drug-likeness (QED) is 0.590. The summed E-state index contributed by atoms with van der Waals surface area (Å²) in [4.78, 5) is 11.6. The van der Waals surface area contributed by atoms with Gasteiger partial charge in [-0.05, 0) is 20.8 Å². The fourth-order valence-electron chi connectivity index (χ4n) is 0.373. The number of nitrogens with zero attached hydrogens (tertiary/aromatic N) is 1. The second-order valence-corrected chi connectivity index (χ2v) is 1.64. The molecule has 3 nitrogen and oxygen atoms in total. The summed E-state index contributed by atoms with van der Waals surface area (Å²) in [6, 6.07) is 0. The average molecular weight is 147 g/mol. The molecule has 62 valence electrons. The number of aliphatic hydroxyl groups excluding tert-OH is 1. The van der Waals surface area contributed by atoms with E-state index in [4.69, 9.17) is 5.11 Å². The van der Waals surface area contributed by atoms with Crippen molar-refractivity contribution >= 4 is 6.41 Å². The van der Waals surface area contributed by atoms with Crippen LogP contribution in [0.1, 0.15) is 20.8 Å². The Morgan fingerprint density at radius 1 is 1.30 bits per heavy atom. The molecular formula is C7H17NO2. The lowest BCUT2D eigenvalue weighted by Gasteiger charge is -2.08. The van der Waals surface area contributed by atoms with Crippen molar-refractivity contribution in [1.29, 1.82) is 0 Å². The first kappa shape index (κ1) is 12.1. The number of rotatable bonds is 3. The summed E-state index contributed by atoms with van der Waals surface area (Å²) in [5, 5.41) is 7.57. The molecule has 0 aromatic carbocycles. The Balaban J connectivity index is 0. The summed E-state index contributed by atoms with van der Waals surface area (Å²) in [5.41, 5.74) is 0. The third kappa shape index (κ3) is 10.4. The van der Waals surface area contributed by atoms with E-state index in [0.717, 1.165) is 19.5 Å². The minimum Gasteiger partial charge on any atom is -0.397 e. The zero-order valence-corrected chi connectivity index (χ0v) is 7.00. The van der Waals surface area contributed by atoms with Crippen molar-refractivity contribution in [3.8, 4) is 0 Å². The maximum Gasteiger partial charge on any atom is 0.209 e. The normalized spacial score (nSPS) is 7.60. The third-order valence-corrected chi connectivity index (χ3v) is 0.961. The van der Waals surface area contributed by atoms with E-state index in [-0.39, 0.29) is 6.61 Å². The molecule has 0 unspecified atom stereocenters. The Bertz CT molecular complexity index is 62.6. The van der Waals surface area contributed by atoms with E-state index in [1.54, 1.807) is 11.8 Å². The monoisotopic (exact) mass is 147 g/mol. The van der Waals surface area contributed by atoms with Gasteiger partial charge >= 0.3 is 0 Å². The molecule has 0 aromatic rings. The van der Waals surface area contributed by atoms with E-state index >= 15 is 0 Å². The van der Waals surface area contributed by atoms with Gasteiger partial charge in [0.05, 0.1) is 0 Å². The minimum absolute atomic E-state index is 0.250. The van der Waals surface area contributed by atoms with Crippen molar-refractivity contribution in [3.05, 3.63) is 0 Å². The topological polar surface area (TPSA) is 40.5 Å². The molecule has 1 amide bonds. The Morgan fingerprint density at radius 2 is 1.60 bits per heavy atom. The van der Waals surface area contributed by atoms with Crippen LogP contribution < -0.4 is 0 Å². The second-order valence-electron chi connectivity index (χ2n) is 1.64. The van der Waals surface area contributed by atoms with E-state index in [2.05, 4.69) is 0 Å². The molecule has 0 atom stereocenters. The maximum absolute atomic E-state index is 9.89. The number of hydrogen-bond acceptors (Lipinski definition) is 2. The molecule has 3 heteroatoms. The van der Waals surface area contributed by atoms with Crippen molar-refractivity contribution in [2.24, 2.45) is 0 Å². The molecule has 0 radical (unpaired) electrons. The average Bonchev–Trinajstić information content (AvgIpc) is 1.93. The Morgan fingerprint density at radius 3 is 1.60 bits per heavy atom. The van der Waals surface area contributed by atoms with Gasteiger partial charge in [-0.2, -0.15) is 0 Å². The van der Waals surface area contributed by atoms with Gasteiger partial charge in [-0.25, -0.2) is 0 Å². The zero-order chi connectivity index (χ0) is 8.41. The van der Waals surface area contributed by atoms with Crippen LogP contribution in [0.15, 0.2) is 0 Å². The number of carbonyl (C=O) groups excluding carboxylic acids is 1. The molecular weight excluding hydrogens is 130 g/mol. The smallest absolute Gasteiger partial charge is 0.209 e. The summed E-state index contributed by atoms with van der Waals surface area (Å²) < 4.78 is 0. The molecule has 0 aliphatic carbocycles. The van der Waals surface area contributed by atoms with Gasteiger partial charge in [0.1, 0.15) is 0 Å². The molecule has 0 fully saturated rings. The van der Waals surface area contributed by atoms with Gasteiger partial charge in [0, 0.05) is 19.7 Å². The van der Waals surface area contributed by atoms with Crippen LogP contribution in [0.2, 0.25) is 0 Å². The van der Waals surface area contributed by atoms with Crippen molar-refractivity contribution in [2.45, 2.75) is 20.8 Å². The second kappa shape index (κ2) is 11.3. The van der Waals surface area contributed by atoms with Gasteiger partial charge in [0.25, 0.3) is 0 Å². The lowest BCUT2D eigenvalue weighted by molar-refractivity contribution is -0.117. The Labute approximate surface area is 62.7 Å². The van der Waals surface area contributed by atoms with E-state index in [1.807, 2.05) is 13.8 Å². The molecule has 0 saturated carbocycles. The minimum atomic E-state index is 0.250. The van der Waals surface area contributed by atoms with Gasteiger partial charge < -0.3 is 10.0 Å². The van der Waals surface area contributed by atoms with Crippen LogP contribution in [0.3, 0.4) is 0 Å². The van der Waals surface area contributed by atoms with Crippen LogP contribution in [0, 0.1) is 0 Å². The molecule has 0 aromatic heterocycles. The molecule has 0 bridgehead atoms. The molecule has 0 aliphatic rings. The van der Waals surface area contributed by atoms with Gasteiger partial charge in [-0.1, -0.05) is 0 Å². The molecule has 10 heavy (non-hydrogen) atoms. The number of amides is 1. The van der Waals surface area contributed by atoms with Gasteiger partial charge in [0.2, 0.25) is 6.41 Å². The lowest BCUT2D eigenvalue weighted by Crippen LogP contribution is -2.19. The van der Waals surface area contributed by atoms with Gasteiger partial charge in [0.15, 0.2) is 0 Å². The summed E-state index contributed by atoms with van der Waals surface area (Å²) in [7, 11) is 0. The molecule has 0 heterocycles. The molecule has 0 rings (SSSR count). The number of carbonyl (C=O) groups is 1. The summed E-state index contributed by atoms with van der Waals surface area (Å²) in [6.07, 6.45) is 0.861. The maximum atomic E-state index is 9.89. The number of aliphatic hydroxyl groups is 1. The number of hydrogen-bond donors (Lipinski definition) is 1. The van der Waals surface area contributed by atoms with E-state index in [0.29, 0.717) is 0 Å². The predicted molar refractivity (Wildman–Crippen MR) is 41.7 cm³/mol. The van der Waals surface area contributed by atoms with E-state index in [9.17, 15) is 4.79 Å². The van der Waals surface area contributed by atoms with Crippen LogP contribution in [-0.2, 0) is 4.79 Å². The van der Waals surface area contributed by atoms with E-state index < -0.39 is 0 Å². The van der Waals surface area contributed by atoms with Gasteiger partial charge in [-0.3, -0.25) is 4.79 Å². The molecule has 0 saturated heterocycles. The lowest BCUT2D eigenvalue weighted by atomic mass is 10.6. The van der Waals surface area contributed by atoms with Crippen LogP contribution >= 0.6 is 0 Å². The van der Waals surface area contributed by atoms with Crippen molar-refractivity contribution in [1.82, 2.24) is 4.90 Å². The molecule has 0 spiro atoms. The largest absolute Gasteiger partial charge is 0.397 e. The third-order valence-electron chi connectivity index (χ3n) is 0.961. The predicted octanol–water partition coefficient (Wildman–Crippen LogP) is 0.483. The van der Waals surface area contributed by atoms with Crippen LogP contribution in [0.25, 0.3) is 0 Å². The first-order valence-electron chi connectivity index (χ1n) is 3.56. The van der Waals surface area contributed by atoms with Crippen molar-refractivity contribution in [3.63, 3.8) is 0 Å². The molecule has 1 N–H and O–H groups in total. The Kier molecular flexibility index (Phi) is 13.7. The SMILES string of the molecule is CCN(C=O)CC.CCO. The highest BCUT2D eigenvalue weighted by Gasteiger charge is 1.87. The first-order valence-corrected chi connectivity index (χ1v) is 3.56. The van der Waals surface area contributed by atoms with Crippen molar-refractivity contribution < 1.29 is 9.90 Å². The summed E-state index contributed by atoms with van der Waals surface area (Å²) in [5.74, 6) is 0. The van der Waals surface area contributed by atoms with Crippen molar-refractivity contribution in [2.75, 3.05) is 19.7 Å².